The van der Waals surface area contributed by atoms with Gasteiger partial charge in [0.2, 0.25) is 5.89 Å². The van der Waals surface area contributed by atoms with Gasteiger partial charge in [0.25, 0.3) is 5.91 Å². The van der Waals surface area contributed by atoms with Crippen LogP contribution in [0.2, 0.25) is 0 Å². The van der Waals surface area contributed by atoms with Gasteiger partial charge in [-0.15, -0.1) is 0 Å². The Morgan fingerprint density at radius 2 is 1.59 bits per heavy atom. The molecule has 0 unspecified atom stereocenters. The summed E-state index contributed by atoms with van der Waals surface area (Å²) in [6.07, 6.45) is 0. The fraction of sp³-hybridized carbons (Fsp3) is 0.200. The van der Waals surface area contributed by atoms with Crippen LogP contribution < -0.4 is 5.32 Å². The second kappa shape index (κ2) is 7.21. The number of anilines is 1. The molecule has 1 N–H and O–H groups in total. The lowest BCUT2D eigenvalue weighted by molar-refractivity contribution is 0.102. The minimum atomic E-state index is -0.124. The Morgan fingerprint density at radius 3 is 2.31 bits per heavy atom. The first-order valence-corrected chi connectivity index (χ1v) is 9.69. The molecule has 0 aliphatic carbocycles. The van der Waals surface area contributed by atoms with Crippen LogP contribution >= 0.6 is 0 Å². The molecule has 0 saturated heterocycles. The summed E-state index contributed by atoms with van der Waals surface area (Å²) in [6, 6.07) is 15.7. The first-order chi connectivity index (χ1) is 13.8. The number of fused-ring (bicyclic) bond motifs is 1. The molecular formula is C25H24N2O2. The van der Waals surface area contributed by atoms with Gasteiger partial charge in [-0.05, 0) is 81.6 Å². The second-order valence-electron chi connectivity index (χ2n) is 7.76. The van der Waals surface area contributed by atoms with E-state index in [4.69, 9.17) is 4.42 Å². The number of nitrogens with one attached hydrogen (secondary N) is 1. The quantitative estimate of drug-likeness (QED) is 0.452. The minimum absolute atomic E-state index is 0.124. The van der Waals surface area contributed by atoms with Crippen LogP contribution in [-0.2, 0) is 0 Å². The summed E-state index contributed by atoms with van der Waals surface area (Å²) in [5, 5.41) is 3.04. The molecule has 4 rings (SSSR count). The molecule has 1 heterocycles. The van der Waals surface area contributed by atoms with Crippen LogP contribution in [0, 0.1) is 34.6 Å². The molecule has 3 aromatic carbocycles. The van der Waals surface area contributed by atoms with Crippen LogP contribution in [0.3, 0.4) is 0 Å². The predicted octanol–water partition coefficient (Wildman–Crippen LogP) is 6.29. The van der Waals surface area contributed by atoms with Crippen molar-refractivity contribution in [1.29, 1.82) is 0 Å². The number of oxazole rings is 1. The van der Waals surface area contributed by atoms with Gasteiger partial charge in [-0.3, -0.25) is 4.79 Å². The highest BCUT2D eigenvalue weighted by Gasteiger charge is 2.16. The Labute approximate surface area is 170 Å². The van der Waals surface area contributed by atoms with Crippen LogP contribution in [0.4, 0.5) is 5.69 Å². The van der Waals surface area contributed by atoms with E-state index in [-0.39, 0.29) is 5.91 Å². The van der Waals surface area contributed by atoms with Gasteiger partial charge in [-0.2, -0.15) is 0 Å². The third-order valence-corrected chi connectivity index (χ3v) is 5.12. The van der Waals surface area contributed by atoms with Crippen molar-refractivity contribution in [2.75, 3.05) is 5.32 Å². The lowest BCUT2D eigenvalue weighted by Gasteiger charge is -2.11. The van der Waals surface area contributed by atoms with Gasteiger partial charge in [0.15, 0.2) is 5.58 Å². The van der Waals surface area contributed by atoms with Crippen LogP contribution in [0.5, 0.6) is 0 Å². The molecule has 4 aromatic rings. The molecule has 0 spiro atoms. The first-order valence-electron chi connectivity index (χ1n) is 9.69. The van der Waals surface area contributed by atoms with Gasteiger partial charge in [0.1, 0.15) is 5.52 Å². The molecule has 0 fully saturated rings. The summed E-state index contributed by atoms with van der Waals surface area (Å²) < 4.78 is 6.07. The van der Waals surface area contributed by atoms with Crippen molar-refractivity contribution in [3.8, 4) is 11.5 Å². The number of aromatic nitrogens is 1. The van der Waals surface area contributed by atoms with Crippen LogP contribution in [-0.4, -0.2) is 10.9 Å². The number of hydrogen-bond acceptors (Lipinski definition) is 3. The standard InChI is InChI=1S/C25H24N2O2/c1-14-9-15(2)12-19(11-14)24(28)26-21-8-6-7-20(18(21)5)25-27-22-13-16(3)10-17(4)23(22)29-25/h6-13H,1-5H3,(H,26,28). The first kappa shape index (κ1) is 18.9. The third kappa shape index (κ3) is 3.66. The van der Waals surface area contributed by atoms with E-state index in [1.54, 1.807) is 0 Å². The van der Waals surface area contributed by atoms with Gasteiger partial charge < -0.3 is 9.73 Å². The molecule has 146 valence electrons. The maximum absolute atomic E-state index is 12.8. The highest BCUT2D eigenvalue weighted by Crippen LogP contribution is 2.32. The van der Waals surface area contributed by atoms with E-state index in [0.29, 0.717) is 11.5 Å². The monoisotopic (exact) mass is 384 g/mol. The number of carbonyl (C=O) groups is 1. The van der Waals surface area contributed by atoms with Crippen molar-refractivity contribution in [3.63, 3.8) is 0 Å². The molecule has 1 amide bonds. The molecule has 0 aliphatic rings. The average molecular weight is 384 g/mol. The number of aryl methyl sites for hydroxylation is 4. The van der Waals surface area contributed by atoms with E-state index < -0.39 is 0 Å². The number of carbonyl (C=O) groups excluding carboxylic acids is 1. The van der Waals surface area contributed by atoms with Crippen molar-refractivity contribution in [2.24, 2.45) is 0 Å². The Morgan fingerprint density at radius 1 is 0.897 bits per heavy atom. The van der Waals surface area contributed by atoms with Gasteiger partial charge in [-0.25, -0.2) is 4.98 Å². The predicted molar refractivity (Wildman–Crippen MR) is 118 cm³/mol. The zero-order valence-electron chi connectivity index (χ0n) is 17.4. The summed E-state index contributed by atoms with van der Waals surface area (Å²) in [7, 11) is 0. The summed E-state index contributed by atoms with van der Waals surface area (Å²) >= 11 is 0. The average Bonchev–Trinajstić information content (AvgIpc) is 3.06. The molecule has 0 radical (unpaired) electrons. The molecule has 4 heteroatoms. The highest BCUT2D eigenvalue weighted by molar-refractivity contribution is 6.05. The number of hydrogen-bond donors (Lipinski definition) is 1. The van der Waals surface area contributed by atoms with E-state index >= 15 is 0 Å². The normalized spacial score (nSPS) is 11.1. The van der Waals surface area contributed by atoms with Crippen molar-refractivity contribution in [1.82, 2.24) is 4.98 Å². The molecule has 0 aliphatic heterocycles. The van der Waals surface area contributed by atoms with Gasteiger partial charge >= 0.3 is 0 Å². The smallest absolute Gasteiger partial charge is 0.255 e. The van der Waals surface area contributed by atoms with Gasteiger partial charge in [0, 0.05) is 16.8 Å². The van der Waals surface area contributed by atoms with Crippen molar-refractivity contribution < 1.29 is 9.21 Å². The number of benzene rings is 3. The third-order valence-electron chi connectivity index (χ3n) is 5.12. The Balaban J connectivity index is 1.71. The number of nitrogens with zero attached hydrogens (tertiary/aromatic N) is 1. The molecule has 4 nitrogen and oxygen atoms in total. The second-order valence-corrected chi connectivity index (χ2v) is 7.76. The highest BCUT2D eigenvalue weighted by atomic mass is 16.3. The zero-order valence-corrected chi connectivity index (χ0v) is 17.4. The molecule has 1 aromatic heterocycles. The van der Waals surface area contributed by atoms with Crippen molar-refractivity contribution in [3.05, 3.63) is 81.9 Å². The Kier molecular flexibility index (Phi) is 4.71. The summed E-state index contributed by atoms with van der Waals surface area (Å²) in [5.41, 5.74) is 9.20. The van der Waals surface area contributed by atoms with E-state index in [2.05, 4.69) is 29.4 Å². The molecular weight excluding hydrogens is 360 g/mol. The topological polar surface area (TPSA) is 55.1 Å². The summed E-state index contributed by atoms with van der Waals surface area (Å²) in [4.78, 5) is 17.5. The number of rotatable bonds is 3. The maximum Gasteiger partial charge on any atom is 0.255 e. The van der Waals surface area contributed by atoms with Crippen LogP contribution in [0.25, 0.3) is 22.6 Å². The summed E-state index contributed by atoms with van der Waals surface area (Å²) in [5.74, 6) is 0.440. The largest absolute Gasteiger partial charge is 0.436 e. The van der Waals surface area contributed by atoms with E-state index in [0.717, 1.165) is 50.2 Å². The van der Waals surface area contributed by atoms with E-state index in [1.165, 1.54) is 0 Å². The Hall–Kier alpha value is -3.40. The molecule has 29 heavy (non-hydrogen) atoms. The van der Waals surface area contributed by atoms with Crippen LogP contribution in [0.1, 0.15) is 38.2 Å². The fourth-order valence-electron chi connectivity index (χ4n) is 3.79. The Bertz CT molecular complexity index is 1230. The van der Waals surface area contributed by atoms with Gasteiger partial charge in [-0.1, -0.05) is 29.3 Å². The summed E-state index contributed by atoms with van der Waals surface area (Å²) in [6.45, 7) is 10.0. The molecule has 0 bridgehead atoms. The van der Waals surface area contributed by atoms with Crippen molar-refractivity contribution in [2.45, 2.75) is 34.6 Å². The zero-order chi connectivity index (χ0) is 20.7. The SMILES string of the molecule is Cc1cc(C)cc(C(=O)Nc2cccc(-c3nc4cc(C)cc(C)c4o3)c2C)c1. The van der Waals surface area contributed by atoms with Crippen LogP contribution in [0.15, 0.2) is 52.9 Å². The fourth-order valence-corrected chi connectivity index (χ4v) is 3.79. The van der Waals surface area contributed by atoms with Crippen molar-refractivity contribution >= 4 is 22.7 Å². The molecule has 0 atom stereocenters. The minimum Gasteiger partial charge on any atom is -0.436 e. The van der Waals surface area contributed by atoms with Gasteiger partial charge in [0.05, 0.1) is 0 Å². The number of amides is 1. The molecule has 0 saturated carbocycles. The lowest BCUT2D eigenvalue weighted by Crippen LogP contribution is -2.13. The lowest BCUT2D eigenvalue weighted by atomic mass is 10.0. The maximum atomic E-state index is 12.8. The van der Waals surface area contributed by atoms with E-state index in [1.807, 2.05) is 64.1 Å². The van der Waals surface area contributed by atoms with E-state index in [9.17, 15) is 4.79 Å².